The number of amides is 2. The summed E-state index contributed by atoms with van der Waals surface area (Å²) in [7, 11) is -1.25. The summed E-state index contributed by atoms with van der Waals surface area (Å²) >= 11 is 0. The molecule has 0 fully saturated rings. The van der Waals surface area contributed by atoms with Crippen molar-refractivity contribution in [3.63, 3.8) is 0 Å². The second-order valence-electron chi connectivity index (χ2n) is 9.61. The standard InChI is InChI=1S/C31H39N3O6S/c1-6-23(3)32-31(36)27(7-2)33(21-24-14-10-8-11-15-24)30(35)22-34(41(37,38)26-16-12-9-13-17-26)25-18-19-28(39-4)29(20-25)40-5/h8-20,23,27H,6-7,21-22H2,1-5H3,(H,32,36)/t23-,27+/m1/s1. The predicted molar refractivity (Wildman–Crippen MR) is 159 cm³/mol. The van der Waals surface area contributed by atoms with Gasteiger partial charge in [-0.1, -0.05) is 62.4 Å². The molecule has 1 N–H and O–H groups in total. The van der Waals surface area contributed by atoms with Crippen LogP contribution >= 0.6 is 0 Å². The molecule has 10 heteroatoms. The molecule has 0 aliphatic carbocycles. The zero-order valence-corrected chi connectivity index (χ0v) is 25.1. The van der Waals surface area contributed by atoms with Gasteiger partial charge in [-0.05, 0) is 49.6 Å². The summed E-state index contributed by atoms with van der Waals surface area (Å²) in [5, 5.41) is 2.98. The lowest BCUT2D eigenvalue weighted by Crippen LogP contribution is -2.53. The zero-order valence-electron chi connectivity index (χ0n) is 24.2. The minimum absolute atomic E-state index is 0.0266. The molecule has 9 nitrogen and oxygen atoms in total. The first-order chi connectivity index (χ1) is 19.7. The molecule has 0 unspecified atom stereocenters. The van der Waals surface area contributed by atoms with Crippen LogP contribution in [0, 0.1) is 0 Å². The number of sulfonamides is 1. The molecule has 0 heterocycles. The van der Waals surface area contributed by atoms with Gasteiger partial charge in [0.15, 0.2) is 11.5 Å². The van der Waals surface area contributed by atoms with Crippen molar-refractivity contribution in [3.8, 4) is 11.5 Å². The lowest BCUT2D eigenvalue weighted by Gasteiger charge is -2.33. The summed E-state index contributed by atoms with van der Waals surface area (Å²) in [5.74, 6) is -0.0756. The molecule has 0 bridgehead atoms. The Morgan fingerprint density at radius 3 is 2.02 bits per heavy atom. The summed E-state index contributed by atoms with van der Waals surface area (Å²) < 4.78 is 39.7. The molecule has 220 valence electrons. The van der Waals surface area contributed by atoms with Crippen LogP contribution in [0.25, 0.3) is 0 Å². The van der Waals surface area contributed by atoms with Crippen LogP contribution in [0.15, 0.2) is 83.8 Å². The second kappa shape index (κ2) is 14.5. The molecule has 3 rings (SSSR count). The van der Waals surface area contributed by atoms with Crippen LogP contribution < -0.4 is 19.1 Å². The van der Waals surface area contributed by atoms with Crippen LogP contribution in [0.1, 0.15) is 39.2 Å². The highest BCUT2D eigenvalue weighted by Gasteiger charge is 2.34. The number of carbonyl (C=O) groups is 2. The van der Waals surface area contributed by atoms with Crippen molar-refractivity contribution in [1.29, 1.82) is 0 Å². The molecule has 0 spiro atoms. The molecule has 3 aromatic rings. The first kappa shape index (κ1) is 31.5. The van der Waals surface area contributed by atoms with E-state index in [1.165, 1.54) is 37.3 Å². The Kier molecular flexibility index (Phi) is 11.2. The van der Waals surface area contributed by atoms with E-state index in [9.17, 15) is 18.0 Å². The number of benzene rings is 3. The fraction of sp³-hybridized carbons (Fsp3) is 0.355. The monoisotopic (exact) mass is 581 g/mol. The number of nitrogens with zero attached hydrogens (tertiary/aromatic N) is 2. The number of hydrogen-bond acceptors (Lipinski definition) is 6. The quantitative estimate of drug-likeness (QED) is 0.298. The third-order valence-corrected chi connectivity index (χ3v) is 8.64. The maximum atomic E-state index is 14.1. The van der Waals surface area contributed by atoms with Crippen molar-refractivity contribution in [2.45, 2.75) is 57.1 Å². The van der Waals surface area contributed by atoms with Crippen LogP contribution in [0.4, 0.5) is 5.69 Å². The zero-order chi connectivity index (χ0) is 30.0. The largest absolute Gasteiger partial charge is 0.493 e. The van der Waals surface area contributed by atoms with E-state index in [1.54, 1.807) is 30.3 Å². The lowest BCUT2D eigenvalue weighted by atomic mass is 10.1. The number of rotatable bonds is 14. The van der Waals surface area contributed by atoms with E-state index < -0.39 is 28.5 Å². The molecule has 2 atom stereocenters. The van der Waals surface area contributed by atoms with Crippen molar-refractivity contribution in [2.75, 3.05) is 25.1 Å². The molecular formula is C31H39N3O6S. The van der Waals surface area contributed by atoms with E-state index in [0.717, 1.165) is 16.3 Å². The molecule has 3 aromatic carbocycles. The highest BCUT2D eigenvalue weighted by molar-refractivity contribution is 7.92. The molecule has 2 amide bonds. The topological polar surface area (TPSA) is 105 Å². The van der Waals surface area contributed by atoms with Crippen LogP contribution in [0.5, 0.6) is 11.5 Å². The molecule has 0 saturated carbocycles. The van der Waals surface area contributed by atoms with Crippen LogP contribution in [0.2, 0.25) is 0 Å². The molecule has 0 aliphatic heterocycles. The van der Waals surface area contributed by atoms with Crippen molar-refractivity contribution < 1.29 is 27.5 Å². The molecule has 41 heavy (non-hydrogen) atoms. The summed E-state index contributed by atoms with van der Waals surface area (Å²) in [6.45, 7) is 5.30. The van der Waals surface area contributed by atoms with Crippen molar-refractivity contribution in [1.82, 2.24) is 10.2 Å². The van der Waals surface area contributed by atoms with Crippen LogP contribution in [0.3, 0.4) is 0 Å². The third kappa shape index (κ3) is 7.79. The molecule has 0 aromatic heterocycles. The molecular weight excluding hydrogens is 542 g/mol. The average molecular weight is 582 g/mol. The fourth-order valence-electron chi connectivity index (χ4n) is 4.37. The van der Waals surface area contributed by atoms with Crippen molar-refractivity contribution >= 4 is 27.5 Å². The Morgan fingerprint density at radius 2 is 1.46 bits per heavy atom. The van der Waals surface area contributed by atoms with Gasteiger partial charge in [0.1, 0.15) is 12.6 Å². The Labute approximate surface area is 243 Å². The predicted octanol–water partition coefficient (Wildman–Crippen LogP) is 4.62. The normalized spacial score (nSPS) is 12.6. The number of nitrogens with one attached hydrogen (secondary N) is 1. The second-order valence-corrected chi connectivity index (χ2v) is 11.5. The first-order valence-electron chi connectivity index (χ1n) is 13.6. The highest BCUT2D eigenvalue weighted by Crippen LogP contribution is 2.34. The molecule has 0 aliphatic rings. The van der Waals surface area contributed by atoms with Gasteiger partial charge in [-0.25, -0.2) is 8.42 Å². The summed E-state index contributed by atoms with van der Waals surface area (Å²) in [6.07, 6.45) is 1.08. The minimum Gasteiger partial charge on any atom is -0.493 e. The van der Waals surface area contributed by atoms with Gasteiger partial charge in [-0.15, -0.1) is 0 Å². The van der Waals surface area contributed by atoms with Gasteiger partial charge in [-0.2, -0.15) is 0 Å². The molecule has 0 radical (unpaired) electrons. The van der Waals surface area contributed by atoms with Crippen LogP contribution in [-0.4, -0.2) is 58.0 Å². The van der Waals surface area contributed by atoms with Crippen LogP contribution in [-0.2, 0) is 26.2 Å². The lowest BCUT2D eigenvalue weighted by molar-refractivity contribution is -0.140. The first-order valence-corrected chi connectivity index (χ1v) is 15.0. The smallest absolute Gasteiger partial charge is 0.264 e. The Hall–Kier alpha value is -4.05. The van der Waals surface area contributed by atoms with Gasteiger partial charge in [0.2, 0.25) is 11.8 Å². The maximum absolute atomic E-state index is 14.1. The van der Waals surface area contributed by atoms with Gasteiger partial charge in [0, 0.05) is 18.7 Å². The van der Waals surface area contributed by atoms with E-state index in [4.69, 9.17) is 9.47 Å². The van der Waals surface area contributed by atoms with E-state index in [0.29, 0.717) is 17.9 Å². The number of anilines is 1. The van der Waals surface area contributed by atoms with Gasteiger partial charge < -0.3 is 19.7 Å². The average Bonchev–Trinajstić information content (AvgIpc) is 3.00. The van der Waals surface area contributed by atoms with E-state index in [1.807, 2.05) is 51.1 Å². The van der Waals surface area contributed by atoms with Gasteiger partial charge in [0.25, 0.3) is 10.0 Å². The highest BCUT2D eigenvalue weighted by atomic mass is 32.2. The van der Waals surface area contributed by atoms with Crippen molar-refractivity contribution in [3.05, 3.63) is 84.4 Å². The number of methoxy groups -OCH3 is 2. The Balaban J connectivity index is 2.09. The third-order valence-electron chi connectivity index (χ3n) is 6.85. The van der Waals surface area contributed by atoms with E-state index in [-0.39, 0.29) is 29.1 Å². The summed E-state index contributed by atoms with van der Waals surface area (Å²) in [5.41, 5.74) is 1.04. The van der Waals surface area contributed by atoms with E-state index in [2.05, 4.69) is 5.32 Å². The maximum Gasteiger partial charge on any atom is 0.264 e. The van der Waals surface area contributed by atoms with Gasteiger partial charge in [-0.3, -0.25) is 13.9 Å². The van der Waals surface area contributed by atoms with Gasteiger partial charge >= 0.3 is 0 Å². The summed E-state index contributed by atoms with van der Waals surface area (Å²) in [4.78, 5) is 29.0. The van der Waals surface area contributed by atoms with E-state index >= 15 is 0 Å². The fourth-order valence-corrected chi connectivity index (χ4v) is 5.80. The Morgan fingerprint density at radius 1 is 0.854 bits per heavy atom. The van der Waals surface area contributed by atoms with Crippen molar-refractivity contribution in [2.24, 2.45) is 0 Å². The number of hydrogen-bond donors (Lipinski definition) is 1. The SMILES string of the molecule is CC[C@@H](C)NC(=O)[C@H](CC)N(Cc1ccccc1)C(=O)CN(c1ccc(OC)c(OC)c1)S(=O)(=O)c1ccccc1. The van der Waals surface area contributed by atoms with Gasteiger partial charge in [0.05, 0.1) is 24.8 Å². The number of ether oxygens (including phenoxy) is 2. The summed E-state index contributed by atoms with van der Waals surface area (Å²) in [6, 6.07) is 21.0. The Bertz CT molecular complexity index is 1400. The molecule has 0 saturated heterocycles. The number of carbonyl (C=O) groups excluding carboxylic acids is 2. The minimum atomic E-state index is -4.19.